The van der Waals surface area contributed by atoms with E-state index in [0.29, 0.717) is 5.92 Å². The minimum absolute atomic E-state index is 0.0345. The molecule has 1 saturated carbocycles. The molecule has 308 valence electrons. The highest BCUT2D eigenvalue weighted by atomic mass is 15.2. The smallest absolute Gasteiger partial charge is 0.169 e. The molecule has 6 aliphatic rings. The van der Waals surface area contributed by atoms with Crippen LogP contribution in [0.5, 0.6) is 0 Å². The number of nitrogens with one attached hydrogen (secondary N) is 1. The molecule has 1 spiro atoms. The van der Waals surface area contributed by atoms with Crippen molar-refractivity contribution in [3.05, 3.63) is 226 Å². The zero-order valence-electron chi connectivity index (χ0n) is 36.4. The standard InChI is InChI=1S/C60H53N3/c1-59(2)52-25-15-23-47(55(52)50-38-54-49(37-53(50)59)48-22-10-11-24-51(48)60(54)34-12-5-13-35-60)46-21-14-20-45(36-46)41-28-32-44(33-29-41)58-62-56(42-18-8-4-9-19-42)61-57(63-58)43-30-26-40(27-31-43)39-16-6-3-7-17-39/h3-4,6,8-11,14-16,18-33,36-37,50,56H,5,7,12-13,17,34-35,38H2,1-2H3,(H,61,62,63). The van der Waals surface area contributed by atoms with E-state index in [1.54, 1.807) is 27.8 Å². The highest BCUT2D eigenvalue weighted by Gasteiger charge is 2.51. The molecule has 6 aromatic carbocycles. The molecule has 0 saturated heterocycles. The van der Waals surface area contributed by atoms with Crippen LogP contribution >= 0.6 is 0 Å². The Morgan fingerprint density at radius 1 is 0.587 bits per heavy atom. The van der Waals surface area contributed by atoms with Gasteiger partial charge < -0.3 is 5.32 Å². The van der Waals surface area contributed by atoms with E-state index in [1.807, 2.05) is 6.07 Å². The van der Waals surface area contributed by atoms with E-state index in [9.17, 15) is 0 Å². The summed E-state index contributed by atoms with van der Waals surface area (Å²) in [5, 5.41) is 3.63. The first-order valence-electron chi connectivity index (χ1n) is 23.3. The average molecular weight is 816 g/mol. The van der Waals surface area contributed by atoms with Crippen LogP contribution in [0.2, 0.25) is 0 Å². The molecule has 0 amide bonds. The maximum Gasteiger partial charge on any atom is 0.169 e. The number of hydrogen-bond acceptors (Lipinski definition) is 3. The van der Waals surface area contributed by atoms with Gasteiger partial charge in [-0.15, -0.1) is 0 Å². The molecule has 6 aromatic rings. The second-order valence-corrected chi connectivity index (χ2v) is 19.1. The number of rotatable bonds is 6. The van der Waals surface area contributed by atoms with Crippen LogP contribution in [-0.2, 0) is 10.8 Å². The summed E-state index contributed by atoms with van der Waals surface area (Å²) in [6.45, 7) is 4.93. The van der Waals surface area contributed by atoms with Crippen LogP contribution in [0.15, 0.2) is 191 Å². The predicted molar refractivity (Wildman–Crippen MR) is 262 cm³/mol. The molecule has 0 aromatic heterocycles. The topological polar surface area (TPSA) is 36.8 Å². The van der Waals surface area contributed by atoms with Gasteiger partial charge in [-0.2, -0.15) is 0 Å². The van der Waals surface area contributed by atoms with E-state index in [-0.39, 0.29) is 17.0 Å². The Bertz CT molecular complexity index is 2980. The summed E-state index contributed by atoms with van der Waals surface area (Å²) < 4.78 is 0. The van der Waals surface area contributed by atoms with E-state index < -0.39 is 0 Å². The third-order valence-electron chi connectivity index (χ3n) is 15.3. The SMILES string of the molecule is CC1(C)C2=CC3=C(CC2c2c(-c4cccc(-c5ccc(C6=NC(c7ccccc7)N=C(c7ccc(C8=CC=CCC8)cc7)N6)cc5)c4)cccc21)C1(CCCCC1)c1ccccc13. The molecule has 12 rings (SSSR count). The summed E-state index contributed by atoms with van der Waals surface area (Å²) in [6, 6.07) is 53.9. The number of fused-ring (bicyclic) bond motifs is 7. The fourth-order valence-electron chi connectivity index (χ4n) is 12.1. The van der Waals surface area contributed by atoms with E-state index in [4.69, 9.17) is 9.98 Å². The van der Waals surface area contributed by atoms with Gasteiger partial charge in [-0.3, -0.25) is 0 Å². The highest BCUT2D eigenvalue weighted by Crippen LogP contribution is 2.64. The van der Waals surface area contributed by atoms with Gasteiger partial charge in [0, 0.05) is 27.9 Å². The number of benzene rings is 6. The molecular weight excluding hydrogens is 763 g/mol. The Labute approximate surface area is 372 Å². The van der Waals surface area contributed by atoms with E-state index in [2.05, 4.69) is 183 Å². The van der Waals surface area contributed by atoms with Crippen molar-refractivity contribution in [3.8, 4) is 22.3 Å². The normalized spacial score (nSPS) is 21.3. The van der Waals surface area contributed by atoms with Gasteiger partial charge in [-0.1, -0.05) is 208 Å². The van der Waals surface area contributed by atoms with Crippen LogP contribution in [-0.4, -0.2) is 11.7 Å². The molecule has 0 bridgehead atoms. The van der Waals surface area contributed by atoms with Crippen LogP contribution in [0.1, 0.15) is 122 Å². The van der Waals surface area contributed by atoms with Crippen molar-refractivity contribution in [2.24, 2.45) is 9.98 Å². The maximum atomic E-state index is 5.18. The summed E-state index contributed by atoms with van der Waals surface area (Å²) in [5.74, 6) is 2.06. The van der Waals surface area contributed by atoms with Crippen molar-refractivity contribution in [2.75, 3.05) is 0 Å². The first kappa shape index (κ1) is 38.1. The lowest BCUT2D eigenvalue weighted by molar-refractivity contribution is 0.335. The second-order valence-electron chi connectivity index (χ2n) is 19.1. The maximum absolute atomic E-state index is 5.18. The largest absolute Gasteiger partial charge is 0.324 e. The van der Waals surface area contributed by atoms with Gasteiger partial charge in [0.25, 0.3) is 0 Å². The molecule has 2 unspecified atom stereocenters. The van der Waals surface area contributed by atoms with Crippen molar-refractivity contribution in [2.45, 2.75) is 88.1 Å². The zero-order chi connectivity index (χ0) is 42.1. The zero-order valence-corrected chi connectivity index (χ0v) is 36.4. The van der Waals surface area contributed by atoms with Crippen LogP contribution < -0.4 is 5.32 Å². The molecule has 5 aliphatic carbocycles. The van der Waals surface area contributed by atoms with Crippen LogP contribution in [0.3, 0.4) is 0 Å². The first-order valence-corrected chi connectivity index (χ1v) is 23.3. The quantitative estimate of drug-likeness (QED) is 0.179. The van der Waals surface area contributed by atoms with Crippen LogP contribution in [0, 0.1) is 0 Å². The van der Waals surface area contributed by atoms with Gasteiger partial charge in [-0.25, -0.2) is 9.98 Å². The summed E-state index contributed by atoms with van der Waals surface area (Å²) in [4.78, 5) is 10.3. The Morgan fingerprint density at radius 3 is 1.98 bits per heavy atom. The lowest BCUT2D eigenvalue weighted by Crippen LogP contribution is -2.36. The summed E-state index contributed by atoms with van der Waals surface area (Å²) >= 11 is 0. The van der Waals surface area contributed by atoms with Crippen molar-refractivity contribution >= 4 is 22.8 Å². The molecule has 2 atom stereocenters. The Morgan fingerprint density at radius 2 is 1.24 bits per heavy atom. The minimum atomic E-state index is -0.336. The average Bonchev–Trinajstić information content (AvgIpc) is 3.74. The predicted octanol–water partition coefficient (Wildman–Crippen LogP) is 14.6. The summed E-state index contributed by atoms with van der Waals surface area (Å²) in [7, 11) is 0. The van der Waals surface area contributed by atoms with Crippen molar-refractivity contribution in [1.82, 2.24) is 5.32 Å². The highest BCUT2D eigenvalue weighted by molar-refractivity contribution is 6.16. The molecule has 3 nitrogen and oxygen atoms in total. The fourth-order valence-corrected chi connectivity index (χ4v) is 12.1. The van der Waals surface area contributed by atoms with Crippen molar-refractivity contribution in [3.63, 3.8) is 0 Å². The monoisotopic (exact) mass is 815 g/mol. The van der Waals surface area contributed by atoms with E-state index >= 15 is 0 Å². The molecule has 1 heterocycles. The number of aliphatic imine (C=N–C) groups is 2. The molecule has 3 heteroatoms. The third kappa shape index (κ3) is 6.30. The Hall–Kier alpha value is -6.58. The lowest BCUT2D eigenvalue weighted by Gasteiger charge is -2.40. The Balaban J connectivity index is 0.855. The number of amidine groups is 2. The van der Waals surface area contributed by atoms with Gasteiger partial charge >= 0.3 is 0 Å². The number of hydrogen-bond donors (Lipinski definition) is 1. The third-order valence-corrected chi connectivity index (χ3v) is 15.3. The van der Waals surface area contributed by atoms with Crippen molar-refractivity contribution in [1.29, 1.82) is 0 Å². The lowest BCUT2D eigenvalue weighted by atomic mass is 9.63. The molecule has 1 aliphatic heterocycles. The Kier molecular flexibility index (Phi) is 9.11. The number of allylic oxidation sites excluding steroid dienone is 8. The van der Waals surface area contributed by atoms with E-state index in [0.717, 1.165) is 47.6 Å². The van der Waals surface area contributed by atoms with Crippen LogP contribution in [0.4, 0.5) is 0 Å². The molecule has 1 fully saturated rings. The summed E-state index contributed by atoms with van der Waals surface area (Å²) in [6.07, 6.45) is 18.8. The molecule has 63 heavy (non-hydrogen) atoms. The minimum Gasteiger partial charge on any atom is -0.324 e. The summed E-state index contributed by atoms with van der Waals surface area (Å²) in [5.41, 5.74) is 22.0. The molecule has 1 N–H and O–H groups in total. The van der Waals surface area contributed by atoms with E-state index in [1.165, 1.54) is 76.6 Å². The van der Waals surface area contributed by atoms with Crippen LogP contribution in [0.25, 0.3) is 33.4 Å². The first-order chi connectivity index (χ1) is 30.9. The van der Waals surface area contributed by atoms with Gasteiger partial charge in [0.15, 0.2) is 6.17 Å². The van der Waals surface area contributed by atoms with Gasteiger partial charge in [0.05, 0.1) is 0 Å². The van der Waals surface area contributed by atoms with Gasteiger partial charge in [-0.05, 0) is 105 Å². The van der Waals surface area contributed by atoms with Gasteiger partial charge in [0.2, 0.25) is 0 Å². The van der Waals surface area contributed by atoms with Gasteiger partial charge in [0.1, 0.15) is 11.7 Å². The number of nitrogens with zero attached hydrogens (tertiary/aromatic N) is 2. The van der Waals surface area contributed by atoms with Crippen molar-refractivity contribution < 1.29 is 0 Å². The second kappa shape index (κ2) is 15.1. The molecular formula is C60H53N3. The fraction of sp³-hybridized carbons (Fsp3) is 0.233. The molecule has 0 radical (unpaired) electrons.